The van der Waals surface area contributed by atoms with Crippen molar-refractivity contribution >= 4 is 33.3 Å². The normalized spacial score (nSPS) is 35.3. The van der Waals surface area contributed by atoms with Crippen molar-refractivity contribution in [3.05, 3.63) is 40.6 Å². The Morgan fingerprint density at radius 3 is 3.09 bits per heavy atom. The molecule has 1 aliphatic rings. The number of hydrogen-bond acceptors (Lipinski definition) is 4. The van der Waals surface area contributed by atoms with E-state index in [1.165, 1.54) is 11.6 Å². The molecule has 2 rings (SSSR count). The number of sulfonamides is 1. The molecule has 126 valence electrons. The summed E-state index contributed by atoms with van der Waals surface area (Å²) in [6.07, 6.45) is -11.6. The number of allylic oxidation sites excluding steroid dienone is 1. The minimum Gasteiger partial charge on any atom is -0.463 e. The van der Waals surface area contributed by atoms with Gasteiger partial charge in [0, 0.05) is 8.22 Å². The third-order valence-electron chi connectivity index (χ3n) is 2.37. The number of ether oxygens (including phenoxy) is 1. The molecule has 1 atom stereocenters. The summed E-state index contributed by atoms with van der Waals surface area (Å²) in [7, 11) is -5.84. The number of halogens is 2. The van der Waals surface area contributed by atoms with Gasteiger partial charge in [-0.15, -0.1) is 0 Å². The van der Waals surface area contributed by atoms with E-state index in [1.807, 2.05) is 0 Å². The van der Waals surface area contributed by atoms with Crippen molar-refractivity contribution in [2.45, 2.75) is 31.3 Å². The maximum Gasteiger partial charge on any atom is 0.335 e. The molecule has 0 spiro atoms. The van der Waals surface area contributed by atoms with Gasteiger partial charge in [-0.05, 0) is 44.2 Å². The van der Waals surface area contributed by atoms with Gasteiger partial charge < -0.3 is 4.74 Å². The maximum absolute atomic E-state index is 13.9. The van der Waals surface area contributed by atoms with Gasteiger partial charge in [0.15, 0.2) is 0 Å². The fourth-order valence-electron chi connectivity index (χ4n) is 1.47. The fraction of sp³-hybridized carbons (Fsp3) is 0.400. The summed E-state index contributed by atoms with van der Waals surface area (Å²) in [4.78, 5) is 12.6. The van der Waals surface area contributed by atoms with E-state index in [4.69, 9.17) is 26.7 Å². The van der Waals surface area contributed by atoms with E-state index in [1.54, 1.807) is 0 Å². The SMILES string of the molecule is [2H]C1=C(C(=O)OCC)C([2H])(S(=O)(=O)Nc2c([2H])c([2H])c(F)c([2H])c2Cl)C([2H])([2H])C([2H])([2H])C1([2H])[2H]. The van der Waals surface area contributed by atoms with E-state index < -0.39 is 93.2 Å². The van der Waals surface area contributed by atoms with Crippen LogP contribution in [-0.4, -0.2) is 26.2 Å². The lowest BCUT2D eigenvalue weighted by atomic mass is 9.99. The Balaban J connectivity index is 2.98. The Labute approximate surface area is 155 Å². The van der Waals surface area contributed by atoms with Crippen LogP contribution in [0.4, 0.5) is 10.1 Å². The largest absolute Gasteiger partial charge is 0.463 e. The summed E-state index contributed by atoms with van der Waals surface area (Å²) >= 11 is 5.73. The number of rotatable bonds is 5. The molecule has 0 fully saturated rings. The van der Waals surface area contributed by atoms with Crippen LogP contribution in [0.2, 0.25) is 5.02 Å². The number of esters is 1. The highest BCUT2D eigenvalue weighted by Crippen LogP contribution is 2.30. The zero-order valence-corrected chi connectivity index (χ0v) is 13.1. The van der Waals surface area contributed by atoms with E-state index in [0.29, 0.717) is 0 Å². The highest BCUT2D eigenvalue weighted by Gasteiger charge is 2.35. The summed E-state index contributed by atoms with van der Waals surface area (Å²) in [5.74, 6) is -3.38. The summed E-state index contributed by atoms with van der Waals surface area (Å²) < 4.78 is 134. The van der Waals surface area contributed by atoms with Crippen LogP contribution in [0.15, 0.2) is 29.8 Å². The van der Waals surface area contributed by atoms with E-state index in [-0.39, 0.29) is 0 Å². The van der Waals surface area contributed by atoms with Crippen molar-refractivity contribution in [2.75, 3.05) is 11.3 Å². The molecule has 23 heavy (non-hydrogen) atoms. The molecule has 8 heteroatoms. The first-order valence-corrected chi connectivity index (χ1v) is 7.88. The minimum atomic E-state index is -5.84. The molecule has 1 aliphatic carbocycles. The highest BCUT2D eigenvalue weighted by atomic mass is 35.5. The summed E-state index contributed by atoms with van der Waals surface area (Å²) in [6, 6.07) is -5.41. The molecule has 0 saturated heterocycles. The zero-order chi connectivity index (χ0) is 26.8. The zero-order valence-electron chi connectivity index (χ0n) is 22.5. The van der Waals surface area contributed by atoms with Gasteiger partial charge in [-0.25, -0.2) is 17.6 Å². The molecule has 1 aromatic carbocycles. The first-order chi connectivity index (χ1) is 15.2. The summed E-state index contributed by atoms with van der Waals surface area (Å²) in [6.45, 7) is 0.769. The molecule has 0 radical (unpaired) electrons. The van der Waals surface area contributed by atoms with Crippen LogP contribution in [0.5, 0.6) is 0 Å². The number of hydrogen-bond donors (Lipinski definition) is 1. The Bertz CT molecular complexity index is 1180. The van der Waals surface area contributed by atoms with Crippen molar-refractivity contribution in [1.29, 1.82) is 0 Å². The standard InChI is InChI=1S/C15H17ClFNO4S/c1-2-22-15(19)11-5-3-4-6-14(11)23(20,21)18-13-8-7-10(17)9-12(13)16/h5,7-9,14,18H,2-4,6H2,1H3/i3D2,4D2,5D,6D2,7D,8D,9D,14D. The Morgan fingerprint density at radius 1 is 1.65 bits per heavy atom. The Morgan fingerprint density at radius 2 is 2.39 bits per heavy atom. The Hall–Kier alpha value is -1.60. The third kappa shape index (κ3) is 4.23. The van der Waals surface area contributed by atoms with Crippen LogP contribution >= 0.6 is 11.6 Å². The molecule has 0 bridgehead atoms. The van der Waals surface area contributed by atoms with Crippen molar-refractivity contribution in [2.24, 2.45) is 0 Å². The van der Waals surface area contributed by atoms with Gasteiger partial charge in [-0.2, -0.15) is 0 Å². The number of anilines is 1. The van der Waals surface area contributed by atoms with E-state index in [0.717, 1.165) is 0 Å². The van der Waals surface area contributed by atoms with Crippen LogP contribution < -0.4 is 4.72 Å². The predicted octanol–water partition coefficient (Wildman–Crippen LogP) is 3.26. The first kappa shape index (κ1) is 7.98. The van der Waals surface area contributed by atoms with Gasteiger partial charge in [-0.1, -0.05) is 17.7 Å². The molecule has 0 aliphatic heterocycles. The van der Waals surface area contributed by atoms with Gasteiger partial charge in [-0.3, -0.25) is 4.72 Å². The molecule has 0 amide bonds. The molecule has 0 saturated carbocycles. The molecule has 1 unspecified atom stereocenters. The van der Waals surface area contributed by atoms with Crippen LogP contribution in [0.1, 0.15) is 41.1 Å². The van der Waals surface area contributed by atoms with Crippen LogP contribution in [0.25, 0.3) is 0 Å². The second-order valence-corrected chi connectivity index (χ2v) is 5.91. The molecule has 1 N–H and O–H groups in total. The monoisotopic (exact) mass is 372 g/mol. The molecule has 5 nitrogen and oxygen atoms in total. The third-order valence-corrected chi connectivity index (χ3v) is 3.97. The minimum absolute atomic E-state index is 0.469. The van der Waals surface area contributed by atoms with Gasteiger partial charge >= 0.3 is 5.97 Å². The topological polar surface area (TPSA) is 72.5 Å². The van der Waals surface area contributed by atoms with Gasteiger partial charge in [0.25, 0.3) is 0 Å². The average molecular weight is 373 g/mol. The molecular weight excluding hydrogens is 345 g/mol. The highest BCUT2D eigenvalue weighted by molar-refractivity contribution is 7.93. The van der Waals surface area contributed by atoms with Crippen molar-refractivity contribution < 1.29 is 37.4 Å². The average Bonchev–Trinajstić information content (AvgIpc) is 2.72. The molecule has 0 heterocycles. The first-order valence-electron chi connectivity index (χ1n) is 11.5. The number of benzene rings is 1. The van der Waals surface area contributed by atoms with Gasteiger partial charge in [0.05, 0.1) is 29.7 Å². The van der Waals surface area contributed by atoms with Crippen molar-refractivity contribution in [1.82, 2.24) is 0 Å². The van der Waals surface area contributed by atoms with E-state index in [9.17, 15) is 17.6 Å². The second kappa shape index (κ2) is 7.31. The van der Waals surface area contributed by atoms with E-state index in [2.05, 4.69) is 4.74 Å². The lowest BCUT2D eigenvalue weighted by Gasteiger charge is -2.24. The van der Waals surface area contributed by atoms with Crippen LogP contribution in [-0.2, 0) is 19.6 Å². The molecular formula is C15H17ClFNO4S. The number of carbonyl (C=O) groups excluding carboxylic acids is 1. The quantitative estimate of drug-likeness (QED) is 0.805. The predicted molar refractivity (Wildman–Crippen MR) is 86.3 cm³/mol. The Kier molecular flexibility index (Phi) is 2.54. The summed E-state index contributed by atoms with van der Waals surface area (Å²) in [5.41, 5.74) is -2.83. The maximum atomic E-state index is 13.9. The van der Waals surface area contributed by atoms with Crippen molar-refractivity contribution in [3.8, 4) is 0 Å². The fourth-order valence-corrected chi connectivity index (χ4v) is 2.81. The van der Waals surface area contributed by atoms with Gasteiger partial charge in [0.1, 0.15) is 11.0 Å². The lowest BCUT2D eigenvalue weighted by Crippen LogP contribution is -2.34. The van der Waals surface area contributed by atoms with E-state index >= 15 is 0 Å². The number of carbonyl (C=O) groups is 1. The molecule has 1 aromatic rings. The molecule has 0 aromatic heterocycles. The second-order valence-electron chi connectivity index (χ2n) is 3.91. The van der Waals surface area contributed by atoms with Gasteiger partial charge in [0.2, 0.25) is 10.0 Å². The smallest absolute Gasteiger partial charge is 0.335 e. The van der Waals surface area contributed by atoms with Crippen LogP contribution in [0.3, 0.4) is 0 Å². The summed E-state index contributed by atoms with van der Waals surface area (Å²) in [5, 5.41) is -5.18. The number of nitrogens with one attached hydrogen (secondary N) is 1. The van der Waals surface area contributed by atoms with Crippen molar-refractivity contribution in [3.63, 3.8) is 0 Å². The lowest BCUT2D eigenvalue weighted by molar-refractivity contribution is -0.138. The van der Waals surface area contributed by atoms with Crippen LogP contribution in [0, 0.1) is 5.82 Å².